The summed E-state index contributed by atoms with van der Waals surface area (Å²) in [7, 11) is 1.59. The average molecular weight is 242 g/mol. The van der Waals surface area contributed by atoms with Crippen molar-refractivity contribution in [3.05, 3.63) is 0 Å². The van der Waals surface area contributed by atoms with E-state index in [1.807, 2.05) is 0 Å². The number of hydrogen-bond acceptors (Lipinski definition) is 2. The van der Waals surface area contributed by atoms with Gasteiger partial charge in [-0.3, -0.25) is 9.59 Å². The lowest BCUT2D eigenvalue weighted by Gasteiger charge is -2.21. The first-order valence-corrected chi connectivity index (χ1v) is 6.31. The lowest BCUT2D eigenvalue weighted by atomic mass is 9.89. The summed E-state index contributed by atoms with van der Waals surface area (Å²) in [6.45, 7) is 8.30. The van der Waals surface area contributed by atoms with Crippen molar-refractivity contribution in [3.63, 3.8) is 0 Å². The summed E-state index contributed by atoms with van der Waals surface area (Å²) in [4.78, 5) is 22.9. The molecule has 1 atom stereocenters. The third-order valence-electron chi connectivity index (χ3n) is 2.64. The Morgan fingerprint density at radius 2 is 1.82 bits per heavy atom. The zero-order chi connectivity index (χ0) is 13.5. The molecule has 1 unspecified atom stereocenters. The van der Waals surface area contributed by atoms with Crippen molar-refractivity contribution >= 4 is 11.8 Å². The maximum atomic E-state index is 11.6. The van der Waals surface area contributed by atoms with E-state index in [9.17, 15) is 9.59 Å². The normalized spacial score (nSPS) is 13.0. The lowest BCUT2D eigenvalue weighted by molar-refractivity contribution is -0.128. The highest BCUT2D eigenvalue weighted by molar-refractivity contribution is 5.87. The van der Waals surface area contributed by atoms with Crippen LogP contribution in [-0.2, 0) is 9.59 Å². The molecule has 0 saturated heterocycles. The van der Waals surface area contributed by atoms with Crippen LogP contribution in [0.5, 0.6) is 0 Å². The third kappa shape index (κ3) is 7.77. The molecule has 100 valence electrons. The molecule has 0 aliphatic rings. The second kappa shape index (κ2) is 7.30. The first-order valence-electron chi connectivity index (χ1n) is 6.31. The van der Waals surface area contributed by atoms with E-state index in [2.05, 4.69) is 31.4 Å². The van der Waals surface area contributed by atoms with Crippen molar-refractivity contribution in [3.8, 4) is 0 Å². The minimum atomic E-state index is -0.394. The second-order valence-electron chi connectivity index (χ2n) is 5.54. The fourth-order valence-corrected chi connectivity index (χ4v) is 1.58. The molecule has 0 saturated carbocycles. The Balaban J connectivity index is 4.21. The van der Waals surface area contributed by atoms with Crippen LogP contribution in [0.15, 0.2) is 0 Å². The molecule has 4 heteroatoms. The van der Waals surface area contributed by atoms with E-state index < -0.39 is 6.04 Å². The zero-order valence-corrected chi connectivity index (χ0v) is 11.7. The van der Waals surface area contributed by atoms with Crippen molar-refractivity contribution in [1.29, 1.82) is 0 Å². The van der Waals surface area contributed by atoms with Crippen LogP contribution in [-0.4, -0.2) is 24.9 Å². The summed E-state index contributed by atoms with van der Waals surface area (Å²) in [5.74, 6) is -0.185. The Morgan fingerprint density at radius 1 is 1.24 bits per heavy atom. The van der Waals surface area contributed by atoms with Crippen LogP contribution >= 0.6 is 0 Å². The van der Waals surface area contributed by atoms with Gasteiger partial charge >= 0.3 is 0 Å². The van der Waals surface area contributed by atoms with Gasteiger partial charge in [-0.25, -0.2) is 0 Å². The minimum absolute atomic E-state index is 0.0747. The molecule has 17 heavy (non-hydrogen) atoms. The van der Waals surface area contributed by atoms with Crippen molar-refractivity contribution in [2.24, 2.45) is 5.41 Å². The predicted molar refractivity (Wildman–Crippen MR) is 69.6 cm³/mol. The van der Waals surface area contributed by atoms with Crippen LogP contribution in [0.1, 0.15) is 53.4 Å². The molecule has 0 aliphatic carbocycles. The van der Waals surface area contributed by atoms with Gasteiger partial charge in [0, 0.05) is 13.5 Å². The highest BCUT2D eigenvalue weighted by Crippen LogP contribution is 2.22. The topological polar surface area (TPSA) is 58.2 Å². The number of rotatable bonds is 6. The maximum Gasteiger partial charge on any atom is 0.242 e. The SMILES string of the molecule is CCC(=O)NC(CCCC(C)(C)C)C(=O)NC. The van der Waals surface area contributed by atoms with Gasteiger partial charge < -0.3 is 10.6 Å². The summed E-state index contributed by atoms with van der Waals surface area (Å²) in [6.07, 6.45) is 3.09. The molecule has 0 aromatic heterocycles. The molecule has 0 radical (unpaired) electrons. The summed E-state index contributed by atoms with van der Waals surface area (Å²) < 4.78 is 0. The summed E-state index contributed by atoms with van der Waals surface area (Å²) in [5.41, 5.74) is 0.266. The maximum absolute atomic E-state index is 11.6. The van der Waals surface area contributed by atoms with Gasteiger partial charge in [-0.05, 0) is 18.3 Å². The fraction of sp³-hybridized carbons (Fsp3) is 0.846. The molecule has 2 amide bonds. The van der Waals surface area contributed by atoms with Crippen molar-refractivity contribution in [2.75, 3.05) is 7.05 Å². The van der Waals surface area contributed by atoms with Gasteiger partial charge in [-0.15, -0.1) is 0 Å². The number of amides is 2. The summed E-state index contributed by atoms with van der Waals surface area (Å²) >= 11 is 0. The van der Waals surface area contributed by atoms with E-state index in [4.69, 9.17) is 0 Å². The van der Waals surface area contributed by atoms with E-state index in [-0.39, 0.29) is 17.2 Å². The van der Waals surface area contributed by atoms with Crippen molar-refractivity contribution in [1.82, 2.24) is 10.6 Å². The highest BCUT2D eigenvalue weighted by atomic mass is 16.2. The van der Waals surface area contributed by atoms with E-state index in [1.165, 1.54) is 0 Å². The molecule has 0 fully saturated rings. The van der Waals surface area contributed by atoms with E-state index >= 15 is 0 Å². The van der Waals surface area contributed by atoms with Gasteiger partial charge in [0.2, 0.25) is 11.8 Å². The van der Waals surface area contributed by atoms with Crippen molar-refractivity contribution < 1.29 is 9.59 Å². The van der Waals surface area contributed by atoms with Gasteiger partial charge in [0.05, 0.1) is 0 Å². The molecule has 0 bridgehead atoms. The van der Waals surface area contributed by atoms with E-state index in [0.29, 0.717) is 12.8 Å². The minimum Gasteiger partial charge on any atom is -0.357 e. The number of carbonyl (C=O) groups excluding carboxylic acids is 2. The van der Waals surface area contributed by atoms with Gasteiger partial charge in [0.15, 0.2) is 0 Å². The first kappa shape index (κ1) is 15.9. The molecule has 0 aliphatic heterocycles. The number of likely N-dealkylation sites (N-methyl/N-ethyl adjacent to an activating group) is 1. The van der Waals surface area contributed by atoms with Crippen LogP contribution in [0, 0.1) is 5.41 Å². The molecular formula is C13H26N2O2. The van der Waals surface area contributed by atoms with Crippen LogP contribution in [0.4, 0.5) is 0 Å². The fourth-order valence-electron chi connectivity index (χ4n) is 1.58. The Hall–Kier alpha value is -1.06. The smallest absolute Gasteiger partial charge is 0.242 e. The molecule has 0 aromatic rings. The molecular weight excluding hydrogens is 216 g/mol. The van der Waals surface area contributed by atoms with Gasteiger partial charge in [0.25, 0.3) is 0 Å². The summed E-state index contributed by atoms with van der Waals surface area (Å²) in [6, 6.07) is -0.394. The standard InChI is InChI=1S/C13H26N2O2/c1-6-11(16)15-10(12(17)14-5)8-7-9-13(2,3)4/h10H,6-9H2,1-5H3,(H,14,17)(H,15,16). The van der Waals surface area contributed by atoms with Crippen molar-refractivity contribution in [2.45, 2.75) is 59.4 Å². The molecule has 2 N–H and O–H groups in total. The number of carbonyl (C=O) groups is 2. The van der Waals surface area contributed by atoms with Gasteiger partial charge in [-0.2, -0.15) is 0 Å². The van der Waals surface area contributed by atoms with E-state index in [0.717, 1.165) is 12.8 Å². The Kier molecular flexibility index (Phi) is 6.85. The number of hydrogen-bond donors (Lipinski definition) is 2. The predicted octanol–water partition coefficient (Wildman–Crippen LogP) is 1.84. The Labute approximate surface area is 105 Å². The third-order valence-corrected chi connectivity index (χ3v) is 2.64. The first-order chi connectivity index (χ1) is 7.80. The average Bonchev–Trinajstić information content (AvgIpc) is 2.24. The van der Waals surface area contributed by atoms with Crippen LogP contribution in [0.3, 0.4) is 0 Å². The van der Waals surface area contributed by atoms with E-state index in [1.54, 1.807) is 14.0 Å². The number of nitrogens with one attached hydrogen (secondary N) is 2. The van der Waals surface area contributed by atoms with Crippen LogP contribution in [0.2, 0.25) is 0 Å². The second-order valence-corrected chi connectivity index (χ2v) is 5.54. The quantitative estimate of drug-likeness (QED) is 0.746. The molecule has 0 rings (SSSR count). The van der Waals surface area contributed by atoms with Crippen LogP contribution < -0.4 is 10.6 Å². The van der Waals surface area contributed by atoms with Gasteiger partial charge in [0.1, 0.15) is 6.04 Å². The summed E-state index contributed by atoms with van der Waals surface area (Å²) in [5, 5.41) is 5.34. The Morgan fingerprint density at radius 3 is 2.24 bits per heavy atom. The zero-order valence-electron chi connectivity index (χ0n) is 11.7. The van der Waals surface area contributed by atoms with Gasteiger partial charge in [-0.1, -0.05) is 34.1 Å². The Bertz CT molecular complexity index is 257. The highest BCUT2D eigenvalue weighted by Gasteiger charge is 2.19. The molecule has 4 nitrogen and oxygen atoms in total. The van der Waals surface area contributed by atoms with Crippen LogP contribution in [0.25, 0.3) is 0 Å². The molecule has 0 heterocycles. The lowest BCUT2D eigenvalue weighted by Crippen LogP contribution is -2.45. The molecule has 0 aromatic carbocycles. The largest absolute Gasteiger partial charge is 0.357 e. The molecule has 0 spiro atoms. The monoisotopic (exact) mass is 242 g/mol.